The number of amides is 2. The standard InChI is InChI=1S/C14H17ClN2O2/c1-11(18)16-6-8-17(9-7-16)14(19)10-12-4-2-3-5-13(12)15/h2-5H,6-10H2,1H3. The number of benzene rings is 1. The average molecular weight is 281 g/mol. The van der Waals surface area contributed by atoms with Crippen LogP contribution in [-0.2, 0) is 16.0 Å². The summed E-state index contributed by atoms with van der Waals surface area (Å²) in [5.41, 5.74) is 0.850. The second-order valence-electron chi connectivity index (χ2n) is 4.66. The highest BCUT2D eigenvalue weighted by molar-refractivity contribution is 6.31. The first-order valence-electron chi connectivity index (χ1n) is 6.34. The van der Waals surface area contributed by atoms with Crippen molar-refractivity contribution in [2.75, 3.05) is 26.2 Å². The molecule has 2 amide bonds. The van der Waals surface area contributed by atoms with Gasteiger partial charge >= 0.3 is 0 Å². The highest BCUT2D eigenvalue weighted by Gasteiger charge is 2.22. The number of nitrogens with zero attached hydrogens (tertiary/aromatic N) is 2. The maximum absolute atomic E-state index is 12.2. The van der Waals surface area contributed by atoms with Crippen molar-refractivity contribution in [1.82, 2.24) is 9.80 Å². The second-order valence-corrected chi connectivity index (χ2v) is 5.06. The van der Waals surface area contributed by atoms with Gasteiger partial charge in [-0.2, -0.15) is 0 Å². The summed E-state index contributed by atoms with van der Waals surface area (Å²) in [4.78, 5) is 26.9. The van der Waals surface area contributed by atoms with Crippen LogP contribution in [0.3, 0.4) is 0 Å². The third kappa shape index (κ3) is 3.47. The zero-order valence-corrected chi connectivity index (χ0v) is 11.7. The Bertz CT molecular complexity index is 482. The Labute approximate surface area is 117 Å². The number of halogens is 1. The Hall–Kier alpha value is -1.55. The number of rotatable bonds is 2. The highest BCUT2D eigenvalue weighted by Crippen LogP contribution is 2.16. The summed E-state index contributed by atoms with van der Waals surface area (Å²) in [6.45, 7) is 3.99. The van der Waals surface area contributed by atoms with Gasteiger partial charge in [-0.1, -0.05) is 29.8 Å². The molecule has 1 aromatic rings. The van der Waals surface area contributed by atoms with Gasteiger partial charge in [-0.3, -0.25) is 9.59 Å². The van der Waals surface area contributed by atoms with Crippen LogP contribution in [0, 0.1) is 0 Å². The Balaban J connectivity index is 1.92. The van der Waals surface area contributed by atoms with Gasteiger partial charge in [0.25, 0.3) is 0 Å². The number of carbonyl (C=O) groups is 2. The molecule has 0 atom stereocenters. The van der Waals surface area contributed by atoms with E-state index in [0.29, 0.717) is 37.6 Å². The molecule has 1 aliphatic rings. The maximum Gasteiger partial charge on any atom is 0.227 e. The molecule has 0 bridgehead atoms. The minimum Gasteiger partial charge on any atom is -0.339 e. The molecule has 19 heavy (non-hydrogen) atoms. The highest BCUT2D eigenvalue weighted by atomic mass is 35.5. The fraction of sp³-hybridized carbons (Fsp3) is 0.429. The van der Waals surface area contributed by atoms with Crippen LogP contribution in [0.2, 0.25) is 5.02 Å². The molecule has 1 aliphatic heterocycles. The molecule has 0 spiro atoms. The summed E-state index contributed by atoms with van der Waals surface area (Å²) in [6.07, 6.45) is 0.319. The molecule has 0 aromatic heterocycles. The minimum absolute atomic E-state index is 0.0660. The Kier molecular flexibility index (Phi) is 4.43. The van der Waals surface area contributed by atoms with E-state index < -0.39 is 0 Å². The van der Waals surface area contributed by atoms with E-state index >= 15 is 0 Å². The average Bonchev–Trinajstić information content (AvgIpc) is 2.41. The van der Waals surface area contributed by atoms with Crippen molar-refractivity contribution in [2.45, 2.75) is 13.3 Å². The molecule has 0 saturated carbocycles. The third-order valence-electron chi connectivity index (χ3n) is 3.38. The summed E-state index contributed by atoms with van der Waals surface area (Å²) in [7, 11) is 0. The van der Waals surface area contributed by atoms with E-state index in [9.17, 15) is 9.59 Å². The molecule has 1 aromatic carbocycles. The molecule has 5 heteroatoms. The van der Waals surface area contributed by atoms with Gasteiger partial charge in [0.15, 0.2) is 0 Å². The van der Waals surface area contributed by atoms with E-state index in [4.69, 9.17) is 11.6 Å². The first kappa shape index (κ1) is 13.9. The van der Waals surface area contributed by atoms with Gasteiger partial charge < -0.3 is 9.80 Å². The zero-order valence-electron chi connectivity index (χ0n) is 10.9. The van der Waals surface area contributed by atoms with E-state index in [0.717, 1.165) is 5.56 Å². The third-order valence-corrected chi connectivity index (χ3v) is 3.75. The van der Waals surface area contributed by atoms with E-state index in [1.165, 1.54) is 0 Å². The lowest BCUT2D eigenvalue weighted by Crippen LogP contribution is -2.50. The van der Waals surface area contributed by atoms with Crippen LogP contribution >= 0.6 is 11.6 Å². The smallest absolute Gasteiger partial charge is 0.227 e. The molecular weight excluding hydrogens is 264 g/mol. The minimum atomic E-state index is 0.0660. The zero-order chi connectivity index (χ0) is 13.8. The number of hydrogen-bond donors (Lipinski definition) is 0. The molecule has 2 rings (SSSR count). The molecule has 1 saturated heterocycles. The molecule has 0 aliphatic carbocycles. The lowest BCUT2D eigenvalue weighted by atomic mass is 10.1. The molecular formula is C14H17ClN2O2. The topological polar surface area (TPSA) is 40.6 Å². The predicted molar refractivity (Wildman–Crippen MR) is 74.0 cm³/mol. The fourth-order valence-electron chi connectivity index (χ4n) is 2.19. The van der Waals surface area contributed by atoms with Crippen molar-refractivity contribution in [1.29, 1.82) is 0 Å². The molecule has 102 valence electrons. The van der Waals surface area contributed by atoms with Gasteiger partial charge in [0.2, 0.25) is 11.8 Å². The number of carbonyl (C=O) groups excluding carboxylic acids is 2. The maximum atomic E-state index is 12.2. The van der Waals surface area contributed by atoms with Crippen molar-refractivity contribution in [3.63, 3.8) is 0 Å². The molecule has 1 heterocycles. The van der Waals surface area contributed by atoms with Crippen molar-refractivity contribution in [3.8, 4) is 0 Å². The molecule has 1 fully saturated rings. The Morgan fingerprint density at radius 2 is 1.68 bits per heavy atom. The van der Waals surface area contributed by atoms with Gasteiger partial charge in [-0.15, -0.1) is 0 Å². The molecule has 0 radical (unpaired) electrons. The molecule has 4 nitrogen and oxygen atoms in total. The molecule has 0 unspecified atom stereocenters. The van der Waals surface area contributed by atoms with Crippen LogP contribution in [-0.4, -0.2) is 47.8 Å². The van der Waals surface area contributed by atoms with Crippen LogP contribution in [0.1, 0.15) is 12.5 Å². The van der Waals surface area contributed by atoms with Crippen LogP contribution in [0.25, 0.3) is 0 Å². The van der Waals surface area contributed by atoms with E-state index in [1.807, 2.05) is 18.2 Å². The summed E-state index contributed by atoms with van der Waals surface area (Å²) in [5.74, 6) is 0.134. The van der Waals surface area contributed by atoms with Crippen LogP contribution in [0.5, 0.6) is 0 Å². The van der Waals surface area contributed by atoms with Crippen LogP contribution in [0.15, 0.2) is 24.3 Å². The van der Waals surface area contributed by atoms with Gasteiger partial charge in [0.05, 0.1) is 6.42 Å². The first-order chi connectivity index (χ1) is 9.08. The summed E-state index contributed by atoms with van der Waals surface area (Å²) in [6, 6.07) is 7.38. The molecule has 0 N–H and O–H groups in total. The Morgan fingerprint density at radius 3 is 2.26 bits per heavy atom. The van der Waals surface area contributed by atoms with E-state index in [1.54, 1.807) is 22.8 Å². The summed E-state index contributed by atoms with van der Waals surface area (Å²) < 4.78 is 0. The summed E-state index contributed by atoms with van der Waals surface area (Å²) in [5, 5.41) is 0.623. The second kappa shape index (κ2) is 6.06. The van der Waals surface area contributed by atoms with E-state index in [2.05, 4.69) is 0 Å². The SMILES string of the molecule is CC(=O)N1CCN(C(=O)Cc2ccccc2Cl)CC1. The normalized spacial score (nSPS) is 15.5. The van der Waals surface area contributed by atoms with E-state index in [-0.39, 0.29) is 11.8 Å². The van der Waals surface area contributed by atoms with Crippen molar-refractivity contribution in [3.05, 3.63) is 34.9 Å². The van der Waals surface area contributed by atoms with Crippen molar-refractivity contribution < 1.29 is 9.59 Å². The summed E-state index contributed by atoms with van der Waals surface area (Å²) >= 11 is 6.05. The van der Waals surface area contributed by atoms with Gasteiger partial charge in [0.1, 0.15) is 0 Å². The van der Waals surface area contributed by atoms with Crippen LogP contribution in [0.4, 0.5) is 0 Å². The van der Waals surface area contributed by atoms with Crippen molar-refractivity contribution in [2.24, 2.45) is 0 Å². The quantitative estimate of drug-likeness (QED) is 0.825. The fourth-order valence-corrected chi connectivity index (χ4v) is 2.39. The number of hydrogen-bond acceptors (Lipinski definition) is 2. The van der Waals surface area contributed by atoms with Gasteiger partial charge in [0, 0.05) is 38.1 Å². The van der Waals surface area contributed by atoms with Gasteiger partial charge in [-0.25, -0.2) is 0 Å². The lowest BCUT2D eigenvalue weighted by molar-refractivity contribution is -0.138. The number of piperazine rings is 1. The Morgan fingerprint density at radius 1 is 1.11 bits per heavy atom. The van der Waals surface area contributed by atoms with Crippen molar-refractivity contribution >= 4 is 23.4 Å². The lowest BCUT2D eigenvalue weighted by Gasteiger charge is -2.34. The first-order valence-corrected chi connectivity index (χ1v) is 6.72. The van der Waals surface area contributed by atoms with Gasteiger partial charge in [-0.05, 0) is 11.6 Å². The largest absolute Gasteiger partial charge is 0.339 e. The monoisotopic (exact) mass is 280 g/mol. The predicted octanol–water partition coefficient (Wildman–Crippen LogP) is 1.57. The van der Waals surface area contributed by atoms with Crippen LogP contribution < -0.4 is 0 Å².